The molecule has 2 aliphatic heterocycles. The second-order valence-electron chi connectivity index (χ2n) is 10.7. The SMILES string of the molecule is COCCCN1CCOc2ccc(C(CS(C)(=O)=O)O[C@H]3CNCC[C@@H]3c3ccc(OC)cc3)cc21.c1ccccc1. The topological polar surface area (TPSA) is 86.3 Å². The first kappa shape index (κ1) is 31.8. The van der Waals surface area contributed by atoms with E-state index in [0.717, 1.165) is 55.2 Å². The van der Waals surface area contributed by atoms with E-state index in [9.17, 15) is 8.42 Å². The van der Waals surface area contributed by atoms with E-state index in [1.165, 1.54) is 11.8 Å². The van der Waals surface area contributed by atoms with Gasteiger partial charge >= 0.3 is 0 Å². The average Bonchev–Trinajstić information content (AvgIpc) is 3.01. The highest BCUT2D eigenvalue weighted by molar-refractivity contribution is 7.90. The Balaban J connectivity index is 0.000000600. The molecular formula is C33H44N2O6S. The van der Waals surface area contributed by atoms with Crippen molar-refractivity contribution in [3.8, 4) is 11.5 Å². The molecule has 2 heterocycles. The van der Waals surface area contributed by atoms with E-state index in [1.54, 1.807) is 14.2 Å². The normalized spacial score (nSPS) is 19.1. The van der Waals surface area contributed by atoms with Gasteiger partial charge in [0.15, 0.2) is 0 Å². The lowest BCUT2D eigenvalue weighted by Gasteiger charge is -2.36. The number of ether oxygens (including phenoxy) is 4. The number of benzene rings is 3. The largest absolute Gasteiger partial charge is 0.497 e. The van der Waals surface area contributed by atoms with Crippen LogP contribution in [0, 0.1) is 0 Å². The van der Waals surface area contributed by atoms with Gasteiger partial charge in [-0.3, -0.25) is 0 Å². The Kier molecular flexibility index (Phi) is 12.1. The molecule has 0 bridgehead atoms. The fourth-order valence-corrected chi connectivity index (χ4v) is 6.23. The van der Waals surface area contributed by atoms with Crippen molar-refractivity contribution in [2.75, 3.05) is 70.5 Å². The summed E-state index contributed by atoms with van der Waals surface area (Å²) >= 11 is 0. The van der Waals surface area contributed by atoms with Crippen LogP contribution >= 0.6 is 0 Å². The zero-order chi connectivity index (χ0) is 29.8. The molecule has 8 nitrogen and oxygen atoms in total. The zero-order valence-corrected chi connectivity index (χ0v) is 25.7. The highest BCUT2D eigenvalue weighted by Gasteiger charge is 2.32. The predicted octanol–water partition coefficient (Wildman–Crippen LogP) is 4.87. The summed E-state index contributed by atoms with van der Waals surface area (Å²) in [4.78, 5) is 2.28. The summed E-state index contributed by atoms with van der Waals surface area (Å²) < 4.78 is 48.0. The maximum absolute atomic E-state index is 12.4. The summed E-state index contributed by atoms with van der Waals surface area (Å²) in [6.45, 7) is 4.49. The molecule has 9 heteroatoms. The first-order valence-electron chi connectivity index (χ1n) is 14.6. The Bertz CT molecular complexity index is 1290. The molecular weight excluding hydrogens is 552 g/mol. The standard InChI is InChI=1S/C27H38N2O6S.C6H6/c1-32-15-4-13-29-14-16-34-25-10-7-21(17-24(25)29)27(19-36(3,30)31)35-26-18-28-12-11-23(26)20-5-8-22(33-2)9-6-20;1-2-4-6-5-3-1/h5-10,17,23,26-28H,4,11-16,18-19H2,1-3H3;1-6H/t23-,26+,27?;/m1./s1. The van der Waals surface area contributed by atoms with Crippen LogP contribution in [-0.4, -0.2) is 80.1 Å². The first-order chi connectivity index (χ1) is 20.4. The minimum atomic E-state index is -3.29. The van der Waals surface area contributed by atoms with Crippen molar-refractivity contribution >= 4 is 15.5 Å². The first-order valence-corrected chi connectivity index (χ1v) is 16.6. The average molecular weight is 597 g/mol. The number of nitrogens with zero attached hydrogens (tertiary/aromatic N) is 1. The Labute approximate surface area is 250 Å². The lowest BCUT2D eigenvalue weighted by atomic mass is 9.87. The molecule has 42 heavy (non-hydrogen) atoms. The fraction of sp³-hybridized carbons (Fsp3) is 0.455. The number of sulfone groups is 1. The number of methoxy groups -OCH3 is 2. The molecule has 0 aliphatic carbocycles. The van der Waals surface area contributed by atoms with Gasteiger partial charge in [0.25, 0.3) is 0 Å². The summed E-state index contributed by atoms with van der Waals surface area (Å²) in [5.41, 5.74) is 2.99. The smallest absolute Gasteiger partial charge is 0.150 e. The third kappa shape index (κ3) is 9.46. The van der Waals surface area contributed by atoms with Gasteiger partial charge < -0.3 is 29.2 Å². The molecule has 1 unspecified atom stereocenters. The number of fused-ring (bicyclic) bond motifs is 1. The quantitative estimate of drug-likeness (QED) is 0.314. The van der Waals surface area contributed by atoms with Crippen LogP contribution < -0.4 is 19.7 Å². The van der Waals surface area contributed by atoms with Crippen molar-refractivity contribution in [1.29, 1.82) is 0 Å². The summed E-state index contributed by atoms with van der Waals surface area (Å²) in [6, 6.07) is 26.0. The van der Waals surface area contributed by atoms with Crippen molar-refractivity contribution in [2.24, 2.45) is 0 Å². The van der Waals surface area contributed by atoms with Gasteiger partial charge in [0, 0.05) is 39.0 Å². The third-order valence-corrected chi connectivity index (χ3v) is 8.43. The van der Waals surface area contributed by atoms with Crippen LogP contribution in [0.2, 0.25) is 0 Å². The Morgan fingerprint density at radius 3 is 2.38 bits per heavy atom. The molecule has 3 aromatic rings. The lowest BCUT2D eigenvalue weighted by molar-refractivity contribution is -0.0255. The number of hydrogen-bond donors (Lipinski definition) is 1. The van der Waals surface area contributed by atoms with Crippen molar-refractivity contribution < 1.29 is 27.4 Å². The summed E-state index contributed by atoms with van der Waals surface area (Å²) in [6.07, 6.45) is 2.33. The van der Waals surface area contributed by atoms with Gasteiger partial charge in [0.05, 0.1) is 37.3 Å². The van der Waals surface area contributed by atoms with Crippen LogP contribution in [0.5, 0.6) is 11.5 Å². The highest BCUT2D eigenvalue weighted by atomic mass is 32.2. The van der Waals surface area contributed by atoms with Gasteiger partial charge in [-0.25, -0.2) is 8.42 Å². The second-order valence-corrected chi connectivity index (χ2v) is 12.9. The van der Waals surface area contributed by atoms with E-state index in [1.807, 2.05) is 66.7 Å². The van der Waals surface area contributed by atoms with Crippen molar-refractivity contribution in [3.63, 3.8) is 0 Å². The van der Waals surface area contributed by atoms with Crippen LogP contribution in [-0.2, 0) is 19.3 Å². The number of hydrogen-bond acceptors (Lipinski definition) is 8. The molecule has 1 saturated heterocycles. The van der Waals surface area contributed by atoms with Gasteiger partial charge in [-0.2, -0.15) is 0 Å². The van der Waals surface area contributed by atoms with Gasteiger partial charge in [0.1, 0.15) is 27.9 Å². The van der Waals surface area contributed by atoms with E-state index in [2.05, 4.69) is 22.3 Å². The van der Waals surface area contributed by atoms with E-state index in [4.69, 9.17) is 18.9 Å². The molecule has 3 aromatic carbocycles. The molecule has 2 aliphatic rings. The highest BCUT2D eigenvalue weighted by Crippen LogP contribution is 2.37. The van der Waals surface area contributed by atoms with Gasteiger partial charge in [-0.15, -0.1) is 0 Å². The van der Waals surface area contributed by atoms with Crippen LogP contribution in [0.25, 0.3) is 0 Å². The van der Waals surface area contributed by atoms with E-state index >= 15 is 0 Å². The summed E-state index contributed by atoms with van der Waals surface area (Å²) in [5.74, 6) is 1.70. The van der Waals surface area contributed by atoms with Crippen molar-refractivity contribution in [1.82, 2.24) is 5.32 Å². The van der Waals surface area contributed by atoms with Gasteiger partial charge in [-0.05, 0) is 54.8 Å². The third-order valence-electron chi connectivity index (χ3n) is 7.52. The van der Waals surface area contributed by atoms with Crippen molar-refractivity contribution in [2.45, 2.75) is 31.0 Å². The molecule has 228 valence electrons. The number of anilines is 1. The molecule has 0 aromatic heterocycles. The van der Waals surface area contributed by atoms with E-state index in [0.29, 0.717) is 19.8 Å². The molecule has 0 saturated carbocycles. The Hall–Kier alpha value is -3.11. The Morgan fingerprint density at radius 1 is 1.02 bits per heavy atom. The number of nitrogens with one attached hydrogen (secondary N) is 1. The van der Waals surface area contributed by atoms with Gasteiger partial charge in [-0.1, -0.05) is 54.6 Å². The minimum Gasteiger partial charge on any atom is -0.497 e. The summed E-state index contributed by atoms with van der Waals surface area (Å²) in [5, 5.41) is 3.42. The number of piperidine rings is 1. The molecule has 5 rings (SSSR count). The summed E-state index contributed by atoms with van der Waals surface area (Å²) in [7, 11) is 0.0734. The Morgan fingerprint density at radius 2 is 1.74 bits per heavy atom. The second kappa shape index (κ2) is 15.9. The monoisotopic (exact) mass is 596 g/mol. The lowest BCUT2D eigenvalue weighted by Crippen LogP contribution is -2.42. The molecule has 0 spiro atoms. The number of rotatable bonds is 11. The van der Waals surface area contributed by atoms with Crippen LogP contribution in [0.4, 0.5) is 5.69 Å². The molecule has 3 atom stereocenters. The maximum atomic E-state index is 12.4. The fourth-order valence-electron chi connectivity index (χ4n) is 5.41. The van der Waals surface area contributed by atoms with Crippen LogP contribution in [0.3, 0.4) is 0 Å². The molecule has 0 radical (unpaired) electrons. The molecule has 1 fully saturated rings. The molecule has 0 amide bonds. The molecule has 1 N–H and O–H groups in total. The van der Waals surface area contributed by atoms with Crippen LogP contribution in [0.1, 0.15) is 36.0 Å². The van der Waals surface area contributed by atoms with Gasteiger partial charge in [0.2, 0.25) is 0 Å². The van der Waals surface area contributed by atoms with Crippen LogP contribution in [0.15, 0.2) is 78.9 Å². The van der Waals surface area contributed by atoms with E-state index < -0.39 is 15.9 Å². The van der Waals surface area contributed by atoms with E-state index in [-0.39, 0.29) is 17.8 Å². The minimum absolute atomic E-state index is 0.0812. The zero-order valence-electron chi connectivity index (χ0n) is 24.9. The maximum Gasteiger partial charge on any atom is 0.150 e. The van der Waals surface area contributed by atoms with Crippen molar-refractivity contribution in [3.05, 3.63) is 90.0 Å². The predicted molar refractivity (Wildman–Crippen MR) is 168 cm³/mol.